The van der Waals surface area contributed by atoms with Crippen LogP contribution in [0, 0.1) is 6.92 Å². The molecule has 3 aromatic rings. The molecule has 0 unspecified atom stereocenters. The van der Waals surface area contributed by atoms with Gasteiger partial charge in [-0.25, -0.2) is 9.59 Å². The molecule has 0 atom stereocenters. The minimum Gasteiger partial charge on any atom is -0.462 e. The van der Waals surface area contributed by atoms with Gasteiger partial charge in [0.25, 0.3) is 11.8 Å². The van der Waals surface area contributed by atoms with Crippen LogP contribution in [0.5, 0.6) is 0 Å². The van der Waals surface area contributed by atoms with E-state index >= 15 is 0 Å². The highest BCUT2D eigenvalue weighted by atomic mass is 16.5. The fraction of sp³-hybridized carbons (Fsp3) is 0.185. The van der Waals surface area contributed by atoms with Crippen molar-refractivity contribution in [2.24, 2.45) is 0 Å². The zero-order chi connectivity index (χ0) is 24.8. The molecule has 0 bridgehead atoms. The lowest BCUT2D eigenvalue weighted by molar-refractivity contribution is 0.0482. The molecule has 4 rings (SSSR count). The van der Waals surface area contributed by atoms with Crippen LogP contribution in [0.1, 0.15) is 48.6 Å². The van der Waals surface area contributed by atoms with E-state index in [2.05, 4.69) is 10.6 Å². The molecule has 178 valence electrons. The molecule has 3 aromatic carbocycles. The lowest BCUT2D eigenvalue weighted by Gasteiger charge is -2.13. The Bertz CT molecular complexity index is 1230. The van der Waals surface area contributed by atoms with E-state index in [1.54, 1.807) is 42.5 Å². The van der Waals surface area contributed by atoms with Gasteiger partial charge in [0.15, 0.2) is 0 Å². The Morgan fingerprint density at radius 2 is 1.57 bits per heavy atom. The summed E-state index contributed by atoms with van der Waals surface area (Å²) in [5, 5.41) is 5.47. The first kappa shape index (κ1) is 23.7. The van der Waals surface area contributed by atoms with E-state index in [1.807, 2.05) is 31.2 Å². The Morgan fingerprint density at radius 3 is 2.26 bits per heavy atom. The second-order valence-electron chi connectivity index (χ2n) is 8.17. The molecule has 0 fully saturated rings. The summed E-state index contributed by atoms with van der Waals surface area (Å²) in [6.45, 7) is 2.57. The number of carbonyl (C=O) groups excluding carboxylic acids is 4. The summed E-state index contributed by atoms with van der Waals surface area (Å²) < 4.78 is 5.29. The number of fused-ring (bicyclic) bond motifs is 1. The van der Waals surface area contributed by atoms with Gasteiger partial charge in [0.05, 0.1) is 23.3 Å². The summed E-state index contributed by atoms with van der Waals surface area (Å²) in [6, 6.07) is 20.6. The number of carbonyl (C=O) groups is 4. The number of esters is 1. The molecule has 0 spiro atoms. The van der Waals surface area contributed by atoms with E-state index in [4.69, 9.17) is 4.74 Å². The van der Waals surface area contributed by atoms with Gasteiger partial charge in [-0.05, 0) is 49.2 Å². The van der Waals surface area contributed by atoms with E-state index in [1.165, 1.54) is 6.07 Å². The average molecular weight is 472 g/mol. The van der Waals surface area contributed by atoms with Gasteiger partial charge in [0.2, 0.25) is 0 Å². The topological polar surface area (TPSA) is 105 Å². The normalized spacial score (nSPS) is 12.3. The van der Waals surface area contributed by atoms with Crippen LogP contribution in [-0.2, 0) is 11.3 Å². The van der Waals surface area contributed by atoms with Crippen LogP contribution in [0.2, 0.25) is 0 Å². The molecular formula is C27H25N3O5. The molecule has 1 aliphatic rings. The molecule has 0 aliphatic carbocycles. The van der Waals surface area contributed by atoms with Gasteiger partial charge in [0, 0.05) is 18.8 Å². The number of nitrogens with zero attached hydrogens (tertiary/aromatic N) is 1. The van der Waals surface area contributed by atoms with Crippen LogP contribution in [-0.4, -0.2) is 41.9 Å². The Kier molecular flexibility index (Phi) is 7.21. The molecule has 8 nitrogen and oxygen atoms in total. The minimum absolute atomic E-state index is 0.0426. The molecule has 1 aliphatic heterocycles. The Morgan fingerprint density at radius 1 is 0.886 bits per heavy atom. The number of ether oxygens (including phenoxy) is 1. The van der Waals surface area contributed by atoms with Crippen LogP contribution in [0.3, 0.4) is 0 Å². The maximum absolute atomic E-state index is 12.4. The maximum Gasteiger partial charge on any atom is 0.338 e. The predicted octanol–water partition coefficient (Wildman–Crippen LogP) is 4.16. The zero-order valence-corrected chi connectivity index (χ0v) is 19.2. The summed E-state index contributed by atoms with van der Waals surface area (Å²) in [7, 11) is 0. The zero-order valence-electron chi connectivity index (χ0n) is 19.2. The van der Waals surface area contributed by atoms with Gasteiger partial charge in [-0.3, -0.25) is 14.5 Å². The number of aryl methyl sites for hydroxylation is 1. The molecule has 8 heteroatoms. The first-order valence-corrected chi connectivity index (χ1v) is 11.2. The van der Waals surface area contributed by atoms with Crippen molar-refractivity contribution in [1.82, 2.24) is 10.2 Å². The lowest BCUT2D eigenvalue weighted by Crippen LogP contribution is -2.31. The van der Waals surface area contributed by atoms with E-state index in [0.29, 0.717) is 29.8 Å². The van der Waals surface area contributed by atoms with Crippen molar-refractivity contribution in [3.05, 3.63) is 101 Å². The molecule has 4 amide bonds. The monoisotopic (exact) mass is 471 g/mol. The fourth-order valence-electron chi connectivity index (χ4n) is 3.70. The van der Waals surface area contributed by atoms with Gasteiger partial charge in [0.1, 0.15) is 0 Å². The molecule has 1 heterocycles. The number of anilines is 1. The van der Waals surface area contributed by atoms with Gasteiger partial charge in [-0.2, -0.15) is 0 Å². The number of amides is 4. The fourth-order valence-corrected chi connectivity index (χ4v) is 3.70. The van der Waals surface area contributed by atoms with E-state index in [9.17, 15) is 19.2 Å². The van der Waals surface area contributed by atoms with Crippen molar-refractivity contribution in [1.29, 1.82) is 0 Å². The van der Waals surface area contributed by atoms with Crippen LogP contribution < -0.4 is 10.6 Å². The number of benzene rings is 3. The Hall–Kier alpha value is -4.46. The average Bonchev–Trinajstić information content (AvgIpc) is 3.11. The molecule has 0 saturated heterocycles. The number of nitrogens with one attached hydrogen (secondary N) is 2. The highest BCUT2D eigenvalue weighted by Gasteiger charge is 2.34. The van der Waals surface area contributed by atoms with Crippen LogP contribution >= 0.6 is 0 Å². The number of hydrogen-bond acceptors (Lipinski definition) is 5. The van der Waals surface area contributed by atoms with Crippen molar-refractivity contribution in [2.45, 2.75) is 19.9 Å². The predicted molar refractivity (Wildman–Crippen MR) is 130 cm³/mol. The summed E-state index contributed by atoms with van der Waals surface area (Å²) in [4.78, 5) is 50.6. The molecule has 2 N–H and O–H groups in total. The van der Waals surface area contributed by atoms with Crippen LogP contribution in [0.15, 0.2) is 72.8 Å². The first-order chi connectivity index (χ1) is 16.9. The number of urea groups is 1. The van der Waals surface area contributed by atoms with E-state index in [-0.39, 0.29) is 30.5 Å². The maximum atomic E-state index is 12.4. The van der Waals surface area contributed by atoms with Crippen molar-refractivity contribution < 1.29 is 23.9 Å². The SMILES string of the molecule is Cc1ccc(CNC(=O)Nc2cccc(C(=O)OCCCN3C(=O)c4ccccc4C3=O)c2)cc1. The van der Waals surface area contributed by atoms with Gasteiger partial charge in [-0.15, -0.1) is 0 Å². The number of hydrogen-bond donors (Lipinski definition) is 2. The second kappa shape index (κ2) is 10.6. The minimum atomic E-state index is -0.559. The Balaban J connectivity index is 1.23. The van der Waals surface area contributed by atoms with Gasteiger partial charge in [-0.1, -0.05) is 48.0 Å². The summed E-state index contributed by atoms with van der Waals surface area (Å²) in [6.07, 6.45) is 0.316. The standard InChI is InChI=1S/C27H25N3O5/c1-18-10-12-19(13-11-18)17-28-27(34)29-21-7-4-6-20(16-21)26(33)35-15-5-14-30-24(31)22-8-2-3-9-23(22)25(30)32/h2-4,6-13,16H,5,14-15,17H2,1H3,(H2,28,29,34). The first-order valence-electron chi connectivity index (χ1n) is 11.2. The largest absolute Gasteiger partial charge is 0.462 e. The highest BCUT2D eigenvalue weighted by molar-refractivity contribution is 6.21. The smallest absolute Gasteiger partial charge is 0.338 e. The van der Waals surface area contributed by atoms with E-state index in [0.717, 1.165) is 16.0 Å². The molecule has 0 saturated carbocycles. The third-order valence-electron chi connectivity index (χ3n) is 5.57. The molecular weight excluding hydrogens is 446 g/mol. The van der Waals surface area contributed by atoms with Crippen LogP contribution in [0.25, 0.3) is 0 Å². The van der Waals surface area contributed by atoms with Gasteiger partial charge >= 0.3 is 12.0 Å². The van der Waals surface area contributed by atoms with Crippen molar-refractivity contribution >= 4 is 29.5 Å². The third-order valence-corrected chi connectivity index (χ3v) is 5.57. The van der Waals surface area contributed by atoms with Crippen LogP contribution in [0.4, 0.5) is 10.5 Å². The van der Waals surface area contributed by atoms with Gasteiger partial charge < -0.3 is 15.4 Å². The number of imide groups is 1. The van der Waals surface area contributed by atoms with Crippen molar-refractivity contribution in [2.75, 3.05) is 18.5 Å². The van der Waals surface area contributed by atoms with Crippen molar-refractivity contribution in [3.8, 4) is 0 Å². The second-order valence-corrected chi connectivity index (χ2v) is 8.17. The summed E-state index contributed by atoms with van der Waals surface area (Å²) >= 11 is 0. The Labute approximate surface area is 202 Å². The molecule has 35 heavy (non-hydrogen) atoms. The molecule has 0 radical (unpaired) electrons. The molecule has 0 aromatic heterocycles. The summed E-state index contributed by atoms with van der Waals surface area (Å²) in [5.41, 5.74) is 3.63. The quantitative estimate of drug-likeness (QED) is 0.292. The summed E-state index contributed by atoms with van der Waals surface area (Å²) in [5.74, 6) is -1.23. The third kappa shape index (κ3) is 5.73. The lowest BCUT2D eigenvalue weighted by atomic mass is 10.1. The van der Waals surface area contributed by atoms with E-state index < -0.39 is 12.0 Å². The number of rotatable bonds is 8. The van der Waals surface area contributed by atoms with Crippen molar-refractivity contribution in [3.63, 3.8) is 0 Å². The highest BCUT2D eigenvalue weighted by Crippen LogP contribution is 2.22.